The van der Waals surface area contributed by atoms with Gasteiger partial charge in [0.25, 0.3) is 0 Å². The van der Waals surface area contributed by atoms with Gasteiger partial charge in [-0.3, -0.25) is 0 Å². The van der Waals surface area contributed by atoms with Crippen LogP contribution in [-0.2, 0) is 0 Å². The van der Waals surface area contributed by atoms with E-state index in [-0.39, 0.29) is 5.75 Å². The van der Waals surface area contributed by atoms with E-state index in [2.05, 4.69) is 121 Å². The Labute approximate surface area is 251 Å². The lowest BCUT2D eigenvalue weighted by molar-refractivity contribution is 0.475. The van der Waals surface area contributed by atoms with Crippen molar-refractivity contribution in [3.63, 3.8) is 0 Å². The van der Waals surface area contributed by atoms with E-state index in [1.54, 1.807) is 12.1 Å². The fourth-order valence-electron chi connectivity index (χ4n) is 6.68. The summed E-state index contributed by atoms with van der Waals surface area (Å²) in [5.41, 5.74) is 20.0. The second-order valence-corrected chi connectivity index (χ2v) is 12.1. The van der Waals surface area contributed by atoms with Crippen molar-refractivity contribution in [3.8, 4) is 28.0 Å². The van der Waals surface area contributed by atoms with Crippen molar-refractivity contribution in [1.29, 1.82) is 0 Å². The first-order chi connectivity index (χ1) is 19.9. The van der Waals surface area contributed by atoms with Crippen LogP contribution in [-0.4, -0.2) is 5.11 Å². The zero-order chi connectivity index (χ0) is 30.3. The molecule has 5 rings (SSSR count). The molecule has 0 aliphatic carbocycles. The highest BCUT2D eigenvalue weighted by atomic mass is 16.3. The highest BCUT2D eigenvalue weighted by Crippen LogP contribution is 2.45. The Morgan fingerprint density at radius 3 is 1.29 bits per heavy atom. The average molecular weight is 555 g/mol. The van der Waals surface area contributed by atoms with E-state index in [1.807, 2.05) is 12.1 Å². The summed E-state index contributed by atoms with van der Waals surface area (Å²) in [7, 11) is 0. The van der Waals surface area contributed by atoms with E-state index in [0.717, 1.165) is 22.7 Å². The van der Waals surface area contributed by atoms with Crippen molar-refractivity contribution in [1.82, 2.24) is 0 Å². The Morgan fingerprint density at radius 1 is 0.452 bits per heavy atom. The molecule has 5 aromatic carbocycles. The van der Waals surface area contributed by atoms with Gasteiger partial charge in [-0.2, -0.15) is 0 Å². The zero-order valence-electron chi connectivity index (χ0n) is 26.4. The van der Waals surface area contributed by atoms with Crippen molar-refractivity contribution in [2.45, 2.75) is 62.3 Å². The monoisotopic (exact) mass is 554 g/mol. The summed E-state index contributed by atoms with van der Waals surface area (Å²) in [5, 5.41) is 17.7. The lowest BCUT2D eigenvalue weighted by Crippen LogP contribution is -2.04. The highest BCUT2D eigenvalue weighted by molar-refractivity contribution is 5.96. The Balaban J connectivity index is 1.85. The van der Waals surface area contributed by atoms with Crippen LogP contribution in [0.3, 0.4) is 0 Å². The first kappa shape index (κ1) is 29.0. The summed E-state index contributed by atoms with van der Waals surface area (Å²) in [6.45, 7) is 19.6. The third kappa shape index (κ3) is 5.78. The lowest BCUT2D eigenvalue weighted by Gasteiger charge is -2.24. The van der Waals surface area contributed by atoms with E-state index in [4.69, 9.17) is 0 Å². The number of hydrogen-bond donors (Lipinski definition) is 3. The van der Waals surface area contributed by atoms with E-state index in [1.165, 1.54) is 72.3 Å². The molecule has 0 bridgehead atoms. The van der Waals surface area contributed by atoms with E-state index >= 15 is 0 Å². The number of aromatic hydroxyl groups is 1. The molecule has 0 atom stereocenters. The van der Waals surface area contributed by atoms with Crippen LogP contribution in [0.2, 0.25) is 0 Å². The van der Waals surface area contributed by atoms with Crippen LogP contribution in [0.5, 0.6) is 5.75 Å². The van der Waals surface area contributed by atoms with Gasteiger partial charge in [-0.05, 0) is 142 Å². The summed E-state index contributed by atoms with van der Waals surface area (Å²) in [6.07, 6.45) is 0. The molecular weight excluding hydrogens is 512 g/mol. The molecular formula is C39H42N2O. The third-order valence-corrected chi connectivity index (χ3v) is 8.11. The van der Waals surface area contributed by atoms with Gasteiger partial charge in [0.05, 0.1) is 11.4 Å². The fraction of sp³-hybridized carbons (Fsp3) is 0.231. The van der Waals surface area contributed by atoms with Gasteiger partial charge in [0.15, 0.2) is 0 Å². The summed E-state index contributed by atoms with van der Waals surface area (Å²) in [4.78, 5) is 0. The summed E-state index contributed by atoms with van der Waals surface area (Å²) in [6, 6.07) is 25.4. The van der Waals surface area contributed by atoms with Crippen molar-refractivity contribution in [3.05, 3.63) is 123 Å². The van der Waals surface area contributed by atoms with Crippen LogP contribution in [0, 0.1) is 62.3 Å². The van der Waals surface area contributed by atoms with Crippen molar-refractivity contribution in [2.75, 3.05) is 10.6 Å². The van der Waals surface area contributed by atoms with E-state index in [0.29, 0.717) is 0 Å². The predicted octanol–water partition coefficient (Wildman–Crippen LogP) is 11.0. The third-order valence-electron chi connectivity index (χ3n) is 8.11. The number of rotatable bonds is 6. The predicted molar refractivity (Wildman–Crippen MR) is 181 cm³/mol. The Bertz CT molecular complexity index is 1760. The molecule has 0 saturated heterocycles. The molecule has 214 valence electrons. The Kier molecular flexibility index (Phi) is 7.88. The number of phenolic OH excluding ortho intramolecular Hbond substituents is 1. The number of anilines is 4. The zero-order valence-corrected chi connectivity index (χ0v) is 26.4. The van der Waals surface area contributed by atoms with Crippen molar-refractivity contribution >= 4 is 22.7 Å². The van der Waals surface area contributed by atoms with Crippen LogP contribution in [0.4, 0.5) is 22.7 Å². The molecule has 0 aliphatic rings. The molecule has 0 amide bonds. The molecule has 0 heterocycles. The largest absolute Gasteiger partial charge is 0.508 e. The van der Waals surface area contributed by atoms with Crippen LogP contribution in [0.1, 0.15) is 50.1 Å². The first-order valence-corrected chi connectivity index (χ1v) is 14.7. The van der Waals surface area contributed by atoms with Crippen LogP contribution in [0.25, 0.3) is 22.3 Å². The number of aryl methyl sites for hydroxylation is 9. The smallest absolute Gasteiger partial charge is 0.117 e. The van der Waals surface area contributed by atoms with Crippen molar-refractivity contribution < 1.29 is 5.11 Å². The molecule has 3 nitrogen and oxygen atoms in total. The molecule has 0 aromatic heterocycles. The minimum Gasteiger partial charge on any atom is -0.508 e. The maximum absolute atomic E-state index is 10.2. The molecule has 0 unspecified atom stereocenters. The van der Waals surface area contributed by atoms with Gasteiger partial charge in [-0.25, -0.2) is 0 Å². The second-order valence-electron chi connectivity index (χ2n) is 12.1. The second kappa shape index (κ2) is 11.4. The number of benzene rings is 5. The summed E-state index contributed by atoms with van der Waals surface area (Å²) >= 11 is 0. The SMILES string of the molecule is Cc1cc(C)c(Nc2cc(-c3c(C)cc(C)cc3C)c(-c3c(C)cc(C)cc3C)cc2Nc2cccc(O)c2)c(C)c1. The van der Waals surface area contributed by atoms with Gasteiger partial charge in [0, 0.05) is 17.4 Å². The molecule has 0 saturated carbocycles. The quantitative estimate of drug-likeness (QED) is 0.196. The molecule has 0 aliphatic heterocycles. The maximum Gasteiger partial charge on any atom is 0.117 e. The number of phenols is 1. The molecule has 0 spiro atoms. The van der Waals surface area contributed by atoms with E-state index in [9.17, 15) is 5.11 Å². The van der Waals surface area contributed by atoms with Gasteiger partial charge < -0.3 is 15.7 Å². The van der Waals surface area contributed by atoms with Crippen LogP contribution < -0.4 is 10.6 Å². The molecule has 0 radical (unpaired) electrons. The van der Waals surface area contributed by atoms with Gasteiger partial charge in [-0.15, -0.1) is 0 Å². The number of hydrogen-bond acceptors (Lipinski definition) is 3. The Morgan fingerprint density at radius 2 is 0.857 bits per heavy atom. The maximum atomic E-state index is 10.2. The van der Waals surface area contributed by atoms with Gasteiger partial charge in [0.1, 0.15) is 5.75 Å². The topological polar surface area (TPSA) is 44.3 Å². The molecule has 3 N–H and O–H groups in total. The molecule has 0 fully saturated rings. The molecule has 42 heavy (non-hydrogen) atoms. The minimum absolute atomic E-state index is 0.229. The van der Waals surface area contributed by atoms with Crippen LogP contribution in [0.15, 0.2) is 72.8 Å². The Hall–Kier alpha value is -4.50. The fourth-order valence-corrected chi connectivity index (χ4v) is 6.68. The van der Waals surface area contributed by atoms with Gasteiger partial charge in [0.2, 0.25) is 0 Å². The van der Waals surface area contributed by atoms with Crippen LogP contribution >= 0.6 is 0 Å². The summed E-state index contributed by atoms with van der Waals surface area (Å²) in [5.74, 6) is 0.229. The highest BCUT2D eigenvalue weighted by Gasteiger charge is 2.20. The number of nitrogens with one attached hydrogen (secondary N) is 2. The molecule has 5 aromatic rings. The van der Waals surface area contributed by atoms with Gasteiger partial charge in [-0.1, -0.05) is 59.2 Å². The van der Waals surface area contributed by atoms with Gasteiger partial charge >= 0.3 is 0 Å². The normalized spacial score (nSPS) is 11.1. The average Bonchev–Trinajstić information content (AvgIpc) is 2.86. The summed E-state index contributed by atoms with van der Waals surface area (Å²) < 4.78 is 0. The lowest BCUT2D eigenvalue weighted by atomic mass is 9.84. The van der Waals surface area contributed by atoms with Crippen molar-refractivity contribution in [2.24, 2.45) is 0 Å². The minimum atomic E-state index is 0.229. The van der Waals surface area contributed by atoms with E-state index < -0.39 is 0 Å². The standard InChI is InChI=1S/C39H42N2O/c1-22-13-25(4)37(26(5)14-22)33-20-35(40-31-11-10-12-32(42)19-31)36(41-39-29(8)17-24(3)18-30(39)9)21-34(33)38-27(6)15-23(2)16-28(38)7/h10-21,40-42H,1-9H3. The molecule has 3 heteroatoms. The first-order valence-electron chi connectivity index (χ1n) is 14.7.